The molecule has 1 aromatic carbocycles. The number of carboxylic acids is 1. The molecule has 5 nitrogen and oxygen atoms in total. The van der Waals surface area contributed by atoms with Gasteiger partial charge in [-0.2, -0.15) is 13.2 Å². The highest BCUT2D eigenvalue weighted by molar-refractivity contribution is 5.98. The second-order valence-electron chi connectivity index (χ2n) is 4.47. The fourth-order valence-electron chi connectivity index (χ4n) is 1.78. The smallest absolute Gasteiger partial charge is 0.416 e. The van der Waals surface area contributed by atoms with E-state index in [2.05, 4.69) is 5.32 Å². The molecule has 0 aliphatic heterocycles. The molecule has 4 N–H and O–H groups in total. The van der Waals surface area contributed by atoms with Crippen LogP contribution in [0.2, 0.25) is 0 Å². The van der Waals surface area contributed by atoms with Crippen LogP contribution in [0.15, 0.2) is 18.2 Å². The Morgan fingerprint density at radius 3 is 2.43 bits per heavy atom. The summed E-state index contributed by atoms with van der Waals surface area (Å²) in [7, 11) is 0. The monoisotopic (exact) mass is 304 g/mol. The van der Waals surface area contributed by atoms with E-state index in [1.54, 1.807) is 6.92 Å². The van der Waals surface area contributed by atoms with E-state index in [1.807, 2.05) is 0 Å². The topological polar surface area (TPSA) is 92.4 Å². The number of carboxylic acid groups (broad SMARTS) is 1. The van der Waals surface area contributed by atoms with Gasteiger partial charge < -0.3 is 16.2 Å². The number of aliphatic carboxylic acids is 1. The molecule has 1 aromatic rings. The Kier molecular flexibility index (Phi) is 5.17. The maximum Gasteiger partial charge on any atom is 0.416 e. The van der Waals surface area contributed by atoms with Crippen LogP contribution in [0.4, 0.5) is 18.9 Å². The second-order valence-corrected chi connectivity index (χ2v) is 4.47. The van der Waals surface area contributed by atoms with Crippen LogP contribution in [-0.2, 0) is 11.0 Å². The van der Waals surface area contributed by atoms with E-state index in [-0.39, 0.29) is 17.7 Å². The van der Waals surface area contributed by atoms with Crippen molar-refractivity contribution < 1.29 is 27.9 Å². The second kappa shape index (κ2) is 6.47. The van der Waals surface area contributed by atoms with Crippen molar-refractivity contribution in [2.24, 2.45) is 5.73 Å². The molecule has 116 valence electrons. The van der Waals surface area contributed by atoms with E-state index < -0.39 is 29.7 Å². The molecule has 0 spiro atoms. The molecule has 0 aliphatic rings. The lowest BCUT2D eigenvalue weighted by Gasteiger charge is -2.19. The van der Waals surface area contributed by atoms with Gasteiger partial charge in [-0.15, -0.1) is 0 Å². The van der Waals surface area contributed by atoms with Gasteiger partial charge in [0.1, 0.15) is 0 Å². The number of nitrogens with one attached hydrogen (secondary N) is 1. The van der Waals surface area contributed by atoms with Gasteiger partial charge in [0.25, 0.3) is 5.91 Å². The van der Waals surface area contributed by atoms with Gasteiger partial charge >= 0.3 is 12.1 Å². The Labute approximate surface area is 118 Å². The zero-order chi connectivity index (χ0) is 16.2. The Bertz CT molecular complexity index is 544. The highest BCUT2D eigenvalue weighted by Crippen LogP contribution is 2.32. The Morgan fingerprint density at radius 2 is 2.00 bits per heavy atom. The summed E-state index contributed by atoms with van der Waals surface area (Å²) >= 11 is 0. The number of hydrogen-bond acceptors (Lipinski definition) is 3. The van der Waals surface area contributed by atoms with E-state index in [1.165, 1.54) is 0 Å². The van der Waals surface area contributed by atoms with Gasteiger partial charge in [-0.3, -0.25) is 9.59 Å². The van der Waals surface area contributed by atoms with Crippen LogP contribution in [-0.4, -0.2) is 23.0 Å². The standard InChI is InChI=1S/C13H15F3N2O3/c1-2-8(6-11(19)20)18-10-4-3-7(13(14,15)16)5-9(10)12(17)21/h3-5,8,18H,2,6H2,1H3,(H2,17,21)(H,19,20). The fourth-order valence-corrected chi connectivity index (χ4v) is 1.78. The first-order valence-electron chi connectivity index (χ1n) is 6.14. The summed E-state index contributed by atoms with van der Waals surface area (Å²) in [6.45, 7) is 1.72. The number of nitrogens with two attached hydrogens (primary N) is 1. The molecule has 21 heavy (non-hydrogen) atoms. The molecule has 0 aliphatic carbocycles. The maximum absolute atomic E-state index is 12.6. The molecule has 0 saturated carbocycles. The van der Waals surface area contributed by atoms with Crippen molar-refractivity contribution in [1.82, 2.24) is 0 Å². The van der Waals surface area contributed by atoms with Crippen LogP contribution in [0, 0.1) is 0 Å². The highest BCUT2D eigenvalue weighted by atomic mass is 19.4. The van der Waals surface area contributed by atoms with Gasteiger partial charge in [0.2, 0.25) is 0 Å². The van der Waals surface area contributed by atoms with Gasteiger partial charge in [0, 0.05) is 11.7 Å². The van der Waals surface area contributed by atoms with Crippen LogP contribution in [0.5, 0.6) is 0 Å². The molecule has 1 rings (SSSR count). The molecular weight excluding hydrogens is 289 g/mol. The molecule has 0 aromatic heterocycles. The number of benzene rings is 1. The Balaban J connectivity index is 3.12. The minimum Gasteiger partial charge on any atom is -0.481 e. The summed E-state index contributed by atoms with van der Waals surface area (Å²) < 4.78 is 37.8. The van der Waals surface area contributed by atoms with Crippen molar-refractivity contribution in [3.05, 3.63) is 29.3 Å². The number of alkyl halides is 3. The summed E-state index contributed by atoms with van der Waals surface area (Å²) in [5, 5.41) is 11.5. The third kappa shape index (κ3) is 4.66. The fraction of sp³-hybridized carbons (Fsp3) is 0.385. The molecule has 0 saturated heterocycles. The number of carbonyl (C=O) groups is 2. The summed E-state index contributed by atoms with van der Waals surface area (Å²) in [4.78, 5) is 22.0. The third-order valence-corrected chi connectivity index (χ3v) is 2.89. The number of amides is 1. The van der Waals surface area contributed by atoms with Crippen molar-refractivity contribution in [2.45, 2.75) is 32.0 Å². The average molecular weight is 304 g/mol. The van der Waals surface area contributed by atoms with Crippen LogP contribution in [0.25, 0.3) is 0 Å². The largest absolute Gasteiger partial charge is 0.481 e. The number of halogens is 3. The molecule has 0 bridgehead atoms. The maximum atomic E-state index is 12.6. The summed E-state index contributed by atoms with van der Waals surface area (Å²) in [5.74, 6) is -2.07. The van der Waals surface area contributed by atoms with Gasteiger partial charge in [0.15, 0.2) is 0 Å². The minimum absolute atomic E-state index is 0.0867. The van der Waals surface area contributed by atoms with E-state index in [9.17, 15) is 22.8 Å². The Hall–Kier alpha value is -2.25. The third-order valence-electron chi connectivity index (χ3n) is 2.89. The van der Waals surface area contributed by atoms with Gasteiger partial charge in [-0.05, 0) is 24.6 Å². The van der Waals surface area contributed by atoms with Crippen LogP contribution >= 0.6 is 0 Å². The molecule has 0 radical (unpaired) electrons. The number of anilines is 1. The lowest BCUT2D eigenvalue weighted by atomic mass is 10.1. The predicted molar refractivity (Wildman–Crippen MR) is 69.9 cm³/mol. The average Bonchev–Trinajstić information content (AvgIpc) is 2.36. The van der Waals surface area contributed by atoms with Crippen molar-refractivity contribution in [2.75, 3.05) is 5.32 Å². The molecule has 1 unspecified atom stereocenters. The quantitative estimate of drug-likeness (QED) is 0.752. The predicted octanol–water partition coefficient (Wildman–Crippen LogP) is 2.47. The highest BCUT2D eigenvalue weighted by Gasteiger charge is 2.31. The first-order chi connectivity index (χ1) is 9.65. The molecule has 0 fully saturated rings. The van der Waals surface area contributed by atoms with Crippen molar-refractivity contribution in [3.63, 3.8) is 0 Å². The Morgan fingerprint density at radius 1 is 1.38 bits per heavy atom. The summed E-state index contributed by atoms with van der Waals surface area (Å²) in [5.41, 5.74) is 3.85. The van der Waals surface area contributed by atoms with Gasteiger partial charge in [0.05, 0.1) is 17.5 Å². The zero-order valence-electron chi connectivity index (χ0n) is 11.2. The summed E-state index contributed by atoms with van der Waals surface area (Å²) in [6.07, 6.45) is -4.39. The van der Waals surface area contributed by atoms with Crippen LogP contribution < -0.4 is 11.1 Å². The van der Waals surface area contributed by atoms with E-state index in [0.717, 1.165) is 12.1 Å². The number of primary amides is 1. The zero-order valence-corrected chi connectivity index (χ0v) is 11.2. The summed E-state index contributed by atoms with van der Waals surface area (Å²) in [6, 6.07) is 2.02. The lowest BCUT2D eigenvalue weighted by Crippen LogP contribution is -2.25. The van der Waals surface area contributed by atoms with Crippen molar-refractivity contribution >= 4 is 17.6 Å². The minimum atomic E-state index is -4.59. The lowest BCUT2D eigenvalue weighted by molar-refractivity contribution is -0.138. The molecule has 1 amide bonds. The van der Waals surface area contributed by atoms with E-state index >= 15 is 0 Å². The molecule has 1 atom stereocenters. The molecular formula is C13H15F3N2O3. The van der Waals surface area contributed by atoms with Crippen LogP contribution in [0.3, 0.4) is 0 Å². The molecule has 0 heterocycles. The SMILES string of the molecule is CCC(CC(=O)O)Nc1ccc(C(F)(F)F)cc1C(N)=O. The first kappa shape index (κ1) is 16.8. The van der Waals surface area contributed by atoms with E-state index in [4.69, 9.17) is 10.8 Å². The number of rotatable bonds is 6. The first-order valence-corrected chi connectivity index (χ1v) is 6.14. The number of hydrogen-bond donors (Lipinski definition) is 3. The van der Waals surface area contributed by atoms with E-state index in [0.29, 0.717) is 12.5 Å². The van der Waals surface area contributed by atoms with Crippen LogP contribution in [0.1, 0.15) is 35.7 Å². The van der Waals surface area contributed by atoms with Crippen molar-refractivity contribution in [1.29, 1.82) is 0 Å². The van der Waals surface area contributed by atoms with Crippen molar-refractivity contribution in [3.8, 4) is 0 Å². The number of carbonyl (C=O) groups excluding carboxylic acids is 1. The molecule has 8 heteroatoms. The van der Waals surface area contributed by atoms with Gasteiger partial charge in [-0.25, -0.2) is 0 Å². The normalized spacial score (nSPS) is 12.8. The van der Waals surface area contributed by atoms with Gasteiger partial charge in [-0.1, -0.05) is 6.92 Å².